The predicted octanol–water partition coefficient (Wildman–Crippen LogP) is 15.5. The number of benzene rings is 4. The summed E-state index contributed by atoms with van der Waals surface area (Å²) in [6.07, 6.45) is 8.78. The summed E-state index contributed by atoms with van der Waals surface area (Å²) in [6.45, 7) is 22.7. The second-order valence-electron chi connectivity index (χ2n) is 18.2. The van der Waals surface area contributed by atoms with Gasteiger partial charge >= 0.3 is 0 Å². The van der Waals surface area contributed by atoms with Crippen LogP contribution in [0.2, 0.25) is 0 Å². The van der Waals surface area contributed by atoms with Crippen LogP contribution in [0.4, 0.5) is 0 Å². The van der Waals surface area contributed by atoms with Gasteiger partial charge in [0.15, 0.2) is 5.78 Å². The molecular weight excluding hydrogens is 904 g/mol. The topological polar surface area (TPSA) is 54.6 Å². The van der Waals surface area contributed by atoms with Gasteiger partial charge in [-0.3, -0.25) is 4.79 Å². The Hall–Kier alpha value is -3.76. The first-order valence-electron chi connectivity index (χ1n) is 25.2. The Balaban J connectivity index is 0.000000226. The number of carbonyl (C=O) groups excluding carboxylic acids is 1. The molecule has 11 atom stereocenters. The van der Waals surface area contributed by atoms with Crippen LogP contribution < -0.4 is 0 Å². The van der Waals surface area contributed by atoms with Crippen molar-refractivity contribution in [2.24, 2.45) is 35.5 Å². The van der Waals surface area contributed by atoms with Gasteiger partial charge in [-0.1, -0.05) is 184 Å². The van der Waals surface area contributed by atoms with Crippen molar-refractivity contribution in [2.45, 2.75) is 133 Å². The zero-order valence-electron chi connectivity index (χ0n) is 42.7. The summed E-state index contributed by atoms with van der Waals surface area (Å²) in [5.74, 6) is 3.13. The highest BCUT2D eigenvalue weighted by Crippen LogP contribution is 2.45. The SMILES string of the molecule is CCc1ccc(C(=O)c2cn(C3O[C@H](CC)[C@@H](C)[C@H](C)[C@H]3C)c3ccccc23)cc1.CCc1ccc(C(OC)c2cn(C3O[C@H](CC)[C@@H](C)[C@H](C)[C@H]3C)c3ccccc23)cc1.[3H]C.[3H]CI. The maximum Gasteiger partial charge on any atom is 0.195 e. The van der Waals surface area contributed by atoms with Crippen LogP contribution in [0.3, 0.4) is 0 Å². The lowest BCUT2D eigenvalue weighted by atomic mass is 9.77. The number of hydrogen-bond acceptors (Lipinski definition) is 4. The van der Waals surface area contributed by atoms with E-state index in [-0.39, 0.29) is 30.4 Å². The molecule has 0 bridgehead atoms. The van der Waals surface area contributed by atoms with E-state index >= 15 is 0 Å². The Kier molecular flexibility index (Phi) is 17.4. The highest BCUT2D eigenvalue weighted by atomic mass is 127. The predicted molar refractivity (Wildman–Crippen MR) is 278 cm³/mol. The van der Waals surface area contributed by atoms with E-state index in [1.807, 2.05) is 65.2 Å². The first kappa shape index (κ1) is 48.2. The number of rotatable bonds is 11. The molecule has 0 saturated carbocycles. The molecule has 6 nitrogen and oxygen atoms in total. The first-order chi connectivity index (χ1) is 31.9. The summed E-state index contributed by atoms with van der Waals surface area (Å²) >= 11 is 1.96. The van der Waals surface area contributed by atoms with Crippen molar-refractivity contribution in [3.63, 3.8) is 0 Å². The van der Waals surface area contributed by atoms with E-state index in [0.717, 1.165) is 47.7 Å². The average Bonchev–Trinajstić information content (AvgIpc) is 3.93. The molecule has 4 heterocycles. The maximum absolute atomic E-state index is 13.4. The van der Waals surface area contributed by atoms with Crippen LogP contribution in [-0.2, 0) is 27.1 Å². The Bertz CT molecular complexity index is 2410. The molecule has 0 amide bonds. The molecule has 3 unspecified atom stereocenters. The number of alkyl halides is 1. The molecule has 2 fully saturated rings. The van der Waals surface area contributed by atoms with Crippen LogP contribution in [-0.4, -0.2) is 39.1 Å². The summed E-state index contributed by atoms with van der Waals surface area (Å²) in [7, 11) is 3.06. The number of ketones is 1. The number of para-hydroxylation sites is 2. The summed E-state index contributed by atoms with van der Waals surface area (Å²) in [6, 6.07) is 33.7. The van der Waals surface area contributed by atoms with Crippen LogP contribution in [0, 0.1) is 35.5 Å². The molecule has 8 rings (SSSR count). The molecular formula is C57H77IN2O4. The number of carbonyl (C=O) groups is 1. The third-order valence-corrected chi connectivity index (χ3v) is 15.0. The van der Waals surface area contributed by atoms with E-state index in [4.69, 9.17) is 17.0 Å². The van der Waals surface area contributed by atoms with Gasteiger partial charge in [0.2, 0.25) is 0 Å². The number of aromatic nitrogens is 2. The highest BCUT2D eigenvalue weighted by Gasteiger charge is 2.41. The van der Waals surface area contributed by atoms with Crippen molar-refractivity contribution in [2.75, 3.05) is 12.0 Å². The number of ether oxygens (including phenoxy) is 3. The smallest absolute Gasteiger partial charge is 0.195 e. The molecule has 0 radical (unpaired) electrons. The summed E-state index contributed by atoms with van der Waals surface area (Å²) in [5.41, 5.74) is 8.76. The summed E-state index contributed by atoms with van der Waals surface area (Å²) in [4.78, 5) is 13.9. The fraction of sp³-hybridized carbons (Fsp3) is 0.491. The van der Waals surface area contributed by atoms with Gasteiger partial charge in [-0.15, -0.1) is 0 Å². The molecule has 6 aromatic rings. The van der Waals surface area contributed by atoms with Crippen molar-refractivity contribution in [3.05, 3.63) is 143 Å². The summed E-state index contributed by atoms with van der Waals surface area (Å²) < 4.78 is 35.9. The second kappa shape index (κ2) is 23.1. The maximum atomic E-state index is 13.4. The Morgan fingerprint density at radius 3 is 1.56 bits per heavy atom. The van der Waals surface area contributed by atoms with E-state index in [1.54, 1.807) is 7.11 Å². The fourth-order valence-corrected chi connectivity index (χ4v) is 10.2. The van der Waals surface area contributed by atoms with Gasteiger partial charge in [0, 0.05) is 61.5 Å². The van der Waals surface area contributed by atoms with Gasteiger partial charge in [0.1, 0.15) is 18.6 Å². The standard InChI is InChI=1S/C28H37NO2.C27H33NO2.CH3I.CH4/c1-7-21-13-15-22(16-14-21)27(30-6)24-17-29(25-12-10-9-11-23(24)25)28-20(5)18(3)19(4)26(8-2)31-28;1-6-20-12-14-21(15-13-20)26(29)23-16-28(24-11-9-8-10-22(23)24)27-19(5)17(3)18(4)25(7-2)30-27;1-2;/h9-20,26-28H,7-8H2,1-6H3;8-19,25,27H,6-7H2,1-5H3;1H3;1H4/t18-,19-,20+,26+,27?,28?;17-,18-,19+,25+,27?;;/m00../s1/i;;2*1T. The van der Waals surface area contributed by atoms with Crippen molar-refractivity contribution < 1.29 is 21.7 Å². The number of fused-ring (bicyclic) bond motifs is 2. The van der Waals surface area contributed by atoms with Gasteiger partial charge in [0.25, 0.3) is 0 Å². The largest absolute Gasteiger partial charge is 0.372 e. The lowest BCUT2D eigenvalue weighted by molar-refractivity contribution is -0.166. The van der Waals surface area contributed by atoms with Crippen molar-refractivity contribution in [1.29, 1.82) is 0 Å². The second-order valence-corrected chi connectivity index (χ2v) is 18.2. The fourth-order valence-electron chi connectivity index (χ4n) is 10.2. The number of hydrogen-bond donors (Lipinski definition) is 0. The van der Waals surface area contributed by atoms with Gasteiger partial charge in [-0.25, -0.2) is 0 Å². The van der Waals surface area contributed by atoms with Gasteiger partial charge in [0.05, 0.1) is 23.2 Å². The highest BCUT2D eigenvalue weighted by molar-refractivity contribution is 14.1. The Morgan fingerprint density at radius 2 is 1.09 bits per heavy atom. The molecule has 7 heteroatoms. The third-order valence-electron chi connectivity index (χ3n) is 15.0. The minimum atomic E-state index is -0.103. The molecule has 2 aliphatic rings. The molecule has 0 aliphatic carbocycles. The molecule has 0 spiro atoms. The zero-order valence-corrected chi connectivity index (χ0v) is 42.8. The van der Waals surface area contributed by atoms with Crippen LogP contribution in [0.5, 0.6) is 0 Å². The van der Waals surface area contributed by atoms with E-state index in [0.29, 0.717) is 46.5 Å². The lowest BCUT2D eigenvalue weighted by Gasteiger charge is -2.44. The molecule has 346 valence electrons. The Labute approximate surface area is 402 Å². The normalized spacial score (nSPS) is 26.3. The molecule has 4 aromatic carbocycles. The van der Waals surface area contributed by atoms with Crippen molar-refractivity contribution in [1.82, 2.24) is 9.13 Å². The molecule has 2 saturated heterocycles. The first-order valence-corrected chi connectivity index (χ1v) is 25.0. The number of halogens is 1. The van der Waals surface area contributed by atoms with Crippen LogP contribution in [0.25, 0.3) is 21.8 Å². The van der Waals surface area contributed by atoms with Crippen LogP contribution >= 0.6 is 22.6 Å². The van der Waals surface area contributed by atoms with Crippen molar-refractivity contribution in [3.8, 4) is 0 Å². The van der Waals surface area contributed by atoms with Gasteiger partial charge in [-0.05, 0) is 83.1 Å². The average molecular weight is 985 g/mol. The molecule has 64 heavy (non-hydrogen) atoms. The lowest BCUT2D eigenvalue weighted by Crippen LogP contribution is -2.42. The molecule has 2 aromatic heterocycles. The van der Waals surface area contributed by atoms with E-state index in [2.05, 4.69) is 145 Å². The van der Waals surface area contributed by atoms with Gasteiger partial charge in [-0.2, -0.15) is 0 Å². The number of aryl methyl sites for hydroxylation is 2. The summed E-state index contributed by atoms with van der Waals surface area (Å²) in [5, 5.41) is 2.24. The number of nitrogens with zero attached hydrogens (tertiary/aromatic N) is 2. The Morgan fingerprint density at radius 1 is 0.656 bits per heavy atom. The minimum Gasteiger partial charge on any atom is -0.372 e. The van der Waals surface area contributed by atoms with E-state index in [9.17, 15) is 4.79 Å². The van der Waals surface area contributed by atoms with Crippen LogP contribution in [0.15, 0.2) is 109 Å². The van der Waals surface area contributed by atoms with E-state index < -0.39 is 0 Å². The number of methoxy groups -OCH3 is 1. The van der Waals surface area contributed by atoms with Crippen LogP contribution in [0.1, 0.15) is 149 Å². The minimum absolute atomic E-state index is 0.0368. The van der Waals surface area contributed by atoms with Crippen molar-refractivity contribution >= 4 is 50.2 Å². The molecule has 2 aliphatic heterocycles. The monoisotopic (exact) mass is 985 g/mol. The van der Waals surface area contributed by atoms with Gasteiger partial charge < -0.3 is 23.3 Å². The third kappa shape index (κ3) is 10.3. The zero-order chi connectivity index (χ0) is 48.2. The molecule has 0 N–H and O–H groups in total. The quantitative estimate of drug-likeness (QED) is 0.0737. The van der Waals surface area contributed by atoms with E-state index in [1.165, 1.54) is 40.6 Å².